The molecular weight excluding hydrogens is 392 g/mol. The van der Waals surface area contributed by atoms with Gasteiger partial charge < -0.3 is 33.4 Å². The number of methoxy groups -OCH3 is 3. The minimum Gasteiger partial charge on any atom is -0.493 e. The summed E-state index contributed by atoms with van der Waals surface area (Å²) in [5.74, 6) is 1.61. The first kappa shape index (κ1) is 19.6. The van der Waals surface area contributed by atoms with Gasteiger partial charge in [0.1, 0.15) is 5.39 Å². The molecule has 1 fully saturated rings. The highest BCUT2D eigenvalue weighted by atomic mass is 16.5. The minimum atomic E-state index is -0.439. The van der Waals surface area contributed by atoms with Crippen LogP contribution in [0.5, 0.6) is 17.2 Å². The number of nitrogens with one attached hydrogen (secondary N) is 1. The summed E-state index contributed by atoms with van der Waals surface area (Å²) in [5, 5.41) is 0.283. The molecule has 0 radical (unpaired) electrons. The largest absolute Gasteiger partial charge is 0.493 e. The van der Waals surface area contributed by atoms with E-state index in [1.807, 2.05) is 4.90 Å². The molecule has 4 rings (SSSR count). The Balaban J connectivity index is 1.63. The van der Waals surface area contributed by atoms with Crippen LogP contribution in [0, 0.1) is 0 Å². The first-order valence-electron chi connectivity index (χ1n) is 9.38. The number of aromatic amines is 1. The van der Waals surface area contributed by atoms with E-state index in [-0.39, 0.29) is 17.0 Å². The molecule has 1 aliphatic heterocycles. The lowest BCUT2D eigenvalue weighted by Gasteiger charge is -2.34. The van der Waals surface area contributed by atoms with Gasteiger partial charge in [-0.1, -0.05) is 0 Å². The second kappa shape index (κ2) is 7.97. The highest BCUT2D eigenvalue weighted by Crippen LogP contribution is 2.41. The normalized spacial score (nSPS) is 14.1. The molecule has 0 aliphatic carbocycles. The van der Waals surface area contributed by atoms with E-state index < -0.39 is 5.56 Å². The first-order valence-corrected chi connectivity index (χ1v) is 9.38. The van der Waals surface area contributed by atoms with Gasteiger partial charge in [-0.2, -0.15) is 4.98 Å². The zero-order valence-electron chi connectivity index (χ0n) is 16.9. The smallest absolute Gasteiger partial charge is 0.289 e. The molecule has 0 atom stereocenters. The van der Waals surface area contributed by atoms with Crippen molar-refractivity contribution in [1.29, 1.82) is 0 Å². The lowest BCUT2D eigenvalue weighted by molar-refractivity contribution is 0.0714. The number of aromatic nitrogens is 2. The number of carbonyl (C=O) groups excluding carboxylic acids is 1. The van der Waals surface area contributed by atoms with Gasteiger partial charge in [-0.3, -0.25) is 9.59 Å². The van der Waals surface area contributed by atoms with Crippen LogP contribution in [-0.4, -0.2) is 68.3 Å². The molecule has 0 unspecified atom stereocenters. The van der Waals surface area contributed by atoms with E-state index in [9.17, 15) is 9.59 Å². The fourth-order valence-corrected chi connectivity index (χ4v) is 3.59. The molecular formula is C20H22N4O6. The zero-order chi connectivity index (χ0) is 21.3. The summed E-state index contributed by atoms with van der Waals surface area (Å²) in [6.07, 6.45) is 1.48. The predicted molar refractivity (Wildman–Crippen MR) is 109 cm³/mol. The third-order valence-corrected chi connectivity index (χ3v) is 5.10. The van der Waals surface area contributed by atoms with E-state index in [2.05, 4.69) is 9.97 Å². The average molecular weight is 414 g/mol. The quantitative estimate of drug-likeness (QED) is 0.669. The van der Waals surface area contributed by atoms with Crippen LogP contribution in [0.3, 0.4) is 0 Å². The van der Waals surface area contributed by atoms with Crippen molar-refractivity contribution in [3.05, 3.63) is 40.6 Å². The summed E-state index contributed by atoms with van der Waals surface area (Å²) in [4.78, 5) is 36.3. The van der Waals surface area contributed by atoms with Crippen molar-refractivity contribution in [1.82, 2.24) is 14.9 Å². The van der Waals surface area contributed by atoms with Gasteiger partial charge in [-0.15, -0.1) is 0 Å². The van der Waals surface area contributed by atoms with Crippen molar-refractivity contribution in [2.24, 2.45) is 0 Å². The Labute approximate surface area is 172 Å². The molecule has 1 aliphatic rings. The van der Waals surface area contributed by atoms with Crippen LogP contribution in [-0.2, 0) is 0 Å². The van der Waals surface area contributed by atoms with Gasteiger partial charge >= 0.3 is 0 Å². The number of rotatable bonds is 5. The Morgan fingerprint density at radius 2 is 1.83 bits per heavy atom. The van der Waals surface area contributed by atoms with E-state index in [0.717, 1.165) is 0 Å². The van der Waals surface area contributed by atoms with Crippen LogP contribution >= 0.6 is 0 Å². The number of benzene rings is 1. The van der Waals surface area contributed by atoms with Gasteiger partial charge in [-0.05, 0) is 12.1 Å². The van der Waals surface area contributed by atoms with Crippen molar-refractivity contribution in [2.45, 2.75) is 0 Å². The van der Waals surface area contributed by atoms with Gasteiger partial charge in [-0.25, -0.2) is 0 Å². The number of ether oxygens (including phenoxy) is 3. The second-order valence-corrected chi connectivity index (χ2v) is 6.69. The standard InChI is InChI=1S/C20H22N4O6/c1-27-14-11-12-15(17(29-3)16(14)28-2)18(25)22-20(21-12)24-8-6-23(7-9-24)19(26)13-5-4-10-30-13/h4-5,10-11H,6-9H2,1-3H3,(H,21,22,25). The molecule has 3 heterocycles. The molecule has 3 aromatic rings. The Morgan fingerprint density at radius 3 is 2.43 bits per heavy atom. The van der Waals surface area contributed by atoms with E-state index in [1.54, 1.807) is 23.1 Å². The highest BCUT2D eigenvalue weighted by Gasteiger charge is 2.26. The van der Waals surface area contributed by atoms with Gasteiger partial charge in [0.05, 0.1) is 33.1 Å². The summed E-state index contributed by atoms with van der Waals surface area (Å²) in [7, 11) is 4.45. The molecule has 10 heteroatoms. The van der Waals surface area contributed by atoms with E-state index in [1.165, 1.54) is 27.6 Å². The number of hydrogen-bond acceptors (Lipinski definition) is 8. The van der Waals surface area contributed by atoms with Crippen LogP contribution in [0.1, 0.15) is 10.6 Å². The molecule has 1 N–H and O–H groups in total. The first-order chi connectivity index (χ1) is 14.6. The lowest BCUT2D eigenvalue weighted by Crippen LogP contribution is -2.49. The molecule has 0 spiro atoms. The number of hydrogen-bond donors (Lipinski definition) is 1. The van der Waals surface area contributed by atoms with Crippen molar-refractivity contribution < 1.29 is 23.4 Å². The lowest BCUT2D eigenvalue weighted by atomic mass is 10.2. The summed E-state index contributed by atoms with van der Waals surface area (Å²) in [6, 6.07) is 5.01. The fourth-order valence-electron chi connectivity index (χ4n) is 3.59. The number of H-pyrrole nitrogens is 1. The monoisotopic (exact) mass is 414 g/mol. The summed E-state index contributed by atoms with van der Waals surface area (Å²) < 4.78 is 21.3. The van der Waals surface area contributed by atoms with Crippen LogP contribution in [0.4, 0.5) is 5.95 Å². The number of nitrogens with zero attached hydrogens (tertiary/aromatic N) is 3. The minimum absolute atomic E-state index is 0.152. The molecule has 1 saturated heterocycles. The molecule has 2 aromatic heterocycles. The Hall–Kier alpha value is -3.69. The topological polar surface area (TPSA) is 110 Å². The van der Waals surface area contributed by atoms with Crippen molar-refractivity contribution >= 4 is 22.8 Å². The van der Waals surface area contributed by atoms with Crippen molar-refractivity contribution in [3.8, 4) is 17.2 Å². The fraction of sp³-hybridized carbons (Fsp3) is 0.350. The maximum atomic E-state index is 12.8. The molecule has 1 amide bonds. The van der Waals surface area contributed by atoms with E-state index >= 15 is 0 Å². The van der Waals surface area contributed by atoms with E-state index in [0.29, 0.717) is 54.9 Å². The second-order valence-electron chi connectivity index (χ2n) is 6.69. The molecule has 1 aromatic carbocycles. The maximum Gasteiger partial charge on any atom is 0.289 e. The highest BCUT2D eigenvalue weighted by molar-refractivity contribution is 5.92. The number of anilines is 1. The summed E-state index contributed by atoms with van der Waals surface area (Å²) >= 11 is 0. The number of amides is 1. The van der Waals surface area contributed by atoms with Crippen LogP contribution in [0.2, 0.25) is 0 Å². The molecule has 158 valence electrons. The number of carbonyl (C=O) groups is 1. The van der Waals surface area contributed by atoms with Gasteiger partial charge in [0.15, 0.2) is 17.3 Å². The maximum absolute atomic E-state index is 12.8. The molecule has 30 heavy (non-hydrogen) atoms. The Morgan fingerprint density at radius 1 is 1.10 bits per heavy atom. The van der Waals surface area contributed by atoms with E-state index in [4.69, 9.17) is 18.6 Å². The van der Waals surface area contributed by atoms with Crippen molar-refractivity contribution in [2.75, 3.05) is 52.4 Å². The molecule has 0 saturated carbocycles. The average Bonchev–Trinajstić information content (AvgIpc) is 3.32. The molecule has 0 bridgehead atoms. The van der Waals surface area contributed by atoms with Crippen LogP contribution in [0.25, 0.3) is 10.9 Å². The number of fused-ring (bicyclic) bond motifs is 1. The Kier molecular flexibility index (Phi) is 5.21. The third-order valence-electron chi connectivity index (χ3n) is 5.10. The van der Waals surface area contributed by atoms with Crippen molar-refractivity contribution in [3.63, 3.8) is 0 Å². The van der Waals surface area contributed by atoms with Gasteiger partial charge in [0.2, 0.25) is 11.7 Å². The number of furan rings is 1. The van der Waals surface area contributed by atoms with Gasteiger partial charge in [0, 0.05) is 32.2 Å². The Bertz CT molecular complexity index is 1120. The predicted octanol–water partition coefficient (Wildman–Crippen LogP) is 1.50. The zero-order valence-corrected chi connectivity index (χ0v) is 16.9. The van der Waals surface area contributed by atoms with Gasteiger partial charge in [0.25, 0.3) is 11.5 Å². The van der Waals surface area contributed by atoms with Crippen LogP contribution < -0.4 is 24.7 Å². The summed E-state index contributed by atoms with van der Waals surface area (Å²) in [6.45, 7) is 2.00. The third kappa shape index (κ3) is 3.30. The van der Waals surface area contributed by atoms with Crippen LogP contribution in [0.15, 0.2) is 33.7 Å². The SMILES string of the molecule is COc1cc2[nH]c(N3CCN(C(=O)c4ccco4)CC3)nc(=O)c2c(OC)c1OC. The summed E-state index contributed by atoms with van der Waals surface area (Å²) in [5.41, 5.74) is 0.0826. The number of piperazine rings is 1. The molecule has 10 nitrogen and oxygen atoms in total.